The zero-order valence-corrected chi connectivity index (χ0v) is 20.8. The van der Waals surface area contributed by atoms with Crippen LogP contribution in [0.1, 0.15) is 41.5 Å². The number of aryl methyl sites for hydroxylation is 2. The molecule has 180 valence electrons. The lowest BCUT2D eigenvalue weighted by Gasteiger charge is -2.39. The number of rotatable bonds is 5. The third kappa shape index (κ3) is 5.55. The molecule has 1 fully saturated rings. The molecule has 0 unspecified atom stereocenters. The molecule has 4 heteroatoms. The summed E-state index contributed by atoms with van der Waals surface area (Å²) in [5.41, 5.74) is 8.97. The van der Waals surface area contributed by atoms with Gasteiger partial charge in [-0.1, -0.05) is 54.1 Å². The summed E-state index contributed by atoms with van der Waals surface area (Å²) < 4.78 is 0.958. The van der Waals surface area contributed by atoms with E-state index < -0.39 is 0 Å². The molecule has 1 heterocycles. The van der Waals surface area contributed by atoms with Gasteiger partial charge in [-0.05, 0) is 66.3 Å². The van der Waals surface area contributed by atoms with Crippen LogP contribution in [-0.2, 0) is 17.8 Å². The normalized spacial score (nSPS) is 21.7. The fourth-order valence-corrected chi connectivity index (χ4v) is 5.27. The predicted octanol–water partition coefficient (Wildman–Crippen LogP) is 5.73. The minimum atomic E-state index is -0.144. The summed E-state index contributed by atoms with van der Waals surface area (Å²) in [6, 6.07) is 23.4. The first-order chi connectivity index (χ1) is 16.9. The highest BCUT2D eigenvalue weighted by molar-refractivity contribution is 6.07. The Kier molecular flexibility index (Phi) is 6.59. The van der Waals surface area contributed by atoms with Crippen molar-refractivity contribution in [3.63, 3.8) is 0 Å². The van der Waals surface area contributed by atoms with Gasteiger partial charge in [0.1, 0.15) is 6.54 Å². The van der Waals surface area contributed by atoms with Crippen LogP contribution in [0, 0.1) is 6.92 Å². The fourth-order valence-electron chi connectivity index (χ4n) is 5.27. The van der Waals surface area contributed by atoms with E-state index in [9.17, 15) is 9.90 Å². The Morgan fingerprint density at radius 1 is 0.943 bits per heavy atom. The Morgan fingerprint density at radius 2 is 1.63 bits per heavy atom. The molecule has 1 aliphatic heterocycles. The highest BCUT2D eigenvalue weighted by atomic mass is 16.3. The lowest BCUT2D eigenvalue weighted by molar-refractivity contribution is -0.928. The molecule has 2 aliphatic rings. The van der Waals surface area contributed by atoms with Crippen molar-refractivity contribution in [2.45, 2.75) is 45.3 Å². The quantitative estimate of drug-likeness (QED) is 0.471. The number of quaternary nitrogens is 1. The van der Waals surface area contributed by atoms with Crippen molar-refractivity contribution in [1.29, 1.82) is 0 Å². The van der Waals surface area contributed by atoms with E-state index in [0.29, 0.717) is 0 Å². The second kappa shape index (κ2) is 9.80. The number of nitrogens with one attached hydrogen (secondary N) is 1. The largest absolute Gasteiger partial charge is 0.393 e. The van der Waals surface area contributed by atoms with Crippen molar-refractivity contribution in [2.75, 3.05) is 25.5 Å². The number of fused-ring (bicyclic) bond motifs is 1. The topological polar surface area (TPSA) is 49.3 Å². The molecule has 0 saturated carbocycles. The van der Waals surface area contributed by atoms with Gasteiger partial charge in [-0.25, -0.2) is 0 Å². The minimum absolute atomic E-state index is 0.0202. The van der Waals surface area contributed by atoms with E-state index in [0.717, 1.165) is 66.6 Å². The molecule has 0 atom stereocenters. The maximum absolute atomic E-state index is 13.0. The van der Waals surface area contributed by atoms with E-state index in [-0.39, 0.29) is 12.0 Å². The van der Waals surface area contributed by atoms with E-state index in [4.69, 9.17) is 0 Å². The second-order valence-corrected chi connectivity index (χ2v) is 10.6. The van der Waals surface area contributed by atoms with Crippen molar-refractivity contribution in [2.24, 2.45) is 0 Å². The monoisotopic (exact) mass is 467 g/mol. The van der Waals surface area contributed by atoms with Crippen LogP contribution in [0.2, 0.25) is 0 Å². The standard InChI is InChI=1S/C31H34N2O2/c1-22-3-7-24(8-4-22)26-11-9-25-10-12-27(20-28(25)19-26)31(35)32-29-13-5-23(6-14-29)21-33(2)17-15-30(34)16-18-33/h3-9,11,13-14,19-20,30,34H,10,12,15-18,21H2,1-2H3/p+1. The third-order valence-corrected chi connectivity index (χ3v) is 7.60. The van der Waals surface area contributed by atoms with Crippen LogP contribution in [0.15, 0.2) is 72.3 Å². The van der Waals surface area contributed by atoms with Crippen LogP contribution < -0.4 is 5.32 Å². The van der Waals surface area contributed by atoms with E-state index in [2.05, 4.69) is 80.0 Å². The molecular weight excluding hydrogens is 432 g/mol. The summed E-state index contributed by atoms with van der Waals surface area (Å²) in [6.07, 6.45) is 5.28. The Hall–Kier alpha value is -3.21. The van der Waals surface area contributed by atoms with E-state index in [1.165, 1.54) is 27.8 Å². The number of benzene rings is 3. The third-order valence-electron chi connectivity index (χ3n) is 7.60. The van der Waals surface area contributed by atoms with Gasteiger partial charge in [0, 0.05) is 29.7 Å². The van der Waals surface area contributed by atoms with Crippen LogP contribution in [0.4, 0.5) is 5.69 Å². The lowest BCUT2D eigenvalue weighted by Crippen LogP contribution is -2.50. The van der Waals surface area contributed by atoms with E-state index in [1.807, 2.05) is 12.1 Å². The average molecular weight is 468 g/mol. The molecular formula is C31H35N2O2+. The zero-order valence-electron chi connectivity index (χ0n) is 20.8. The molecule has 1 aliphatic carbocycles. The number of hydrogen-bond donors (Lipinski definition) is 2. The van der Waals surface area contributed by atoms with Crippen molar-refractivity contribution < 1.29 is 14.4 Å². The molecule has 0 spiro atoms. The van der Waals surface area contributed by atoms with Crippen LogP contribution in [0.25, 0.3) is 17.2 Å². The van der Waals surface area contributed by atoms with Crippen molar-refractivity contribution >= 4 is 17.7 Å². The van der Waals surface area contributed by atoms with Gasteiger partial charge in [-0.3, -0.25) is 4.79 Å². The molecule has 4 nitrogen and oxygen atoms in total. The van der Waals surface area contributed by atoms with Crippen LogP contribution in [-0.4, -0.2) is 41.7 Å². The van der Waals surface area contributed by atoms with Crippen LogP contribution in [0.3, 0.4) is 0 Å². The van der Waals surface area contributed by atoms with Crippen molar-refractivity contribution in [1.82, 2.24) is 0 Å². The van der Waals surface area contributed by atoms with Crippen molar-refractivity contribution in [3.05, 3.63) is 94.6 Å². The Morgan fingerprint density at radius 3 is 2.34 bits per heavy atom. The van der Waals surface area contributed by atoms with Gasteiger partial charge in [-0.2, -0.15) is 0 Å². The van der Waals surface area contributed by atoms with Gasteiger partial charge in [-0.15, -0.1) is 0 Å². The molecule has 3 aromatic rings. The Balaban J connectivity index is 1.26. The van der Waals surface area contributed by atoms with Crippen LogP contribution >= 0.6 is 0 Å². The van der Waals surface area contributed by atoms with Crippen molar-refractivity contribution in [3.8, 4) is 11.1 Å². The van der Waals surface area contributed by atoms with Gasteiger partial charge >= 0.3 is 0 Å². The van der Waals surface area contributed by atoms with Crippen LogP contribution in [0.5, 0.6) is 0 Å². The summed E-state index contributed by atoms with van der Waals surface area (Å²) in [7, 11) is 2.26. The van der Waals surface area contributed by atoms with Gasteiger partial charge in [0.25, 0.3) is 5.91 Å². The summed E-state index contributed by atoms with van der Waals surface area (Å²) in [6.45, 7) is 5.05. The molecule has 0 radical (unpaired) electrons. The molecule has 1 amide bonds. The van der Waals surface area contributed by atoms with Gasteiger partial charge < -0.3 is 14.9 Å². The highest BCUT2D eigenvalue weighted by Gasteiger charge is 2.29. The van der Waals surface area contributed by atoms with Gasteiger partial charge in [0.15, 0.2) is 0 Å². The molecule has 0 bridgehead atoms. The summed E-state index contributed by atoms with van der Waals surface area (Å²) in [4.78, 5) is 13.0. The Labute approximate surface area is 208 Å². The molecule has 35 heavy (non-hydrogen) atoms. The SMILES string of the molecule is Cc1ccc(-c2ccc3c(c2)C=C(C(=O)Nc2ccc(C[N+]4(C)CCC(O)CC4)cc2)CC3)cc1. The number of aliphatic hydroxyl groups is 1. The molecule has 0 aromatic heterocycles. The number of nitrogens with zero attached hydrogens (tertiary/aromatic N) is 1. The second-order valence-electron chi connectivity index (χ2n) is 10.6. The first-order valence-corrected chi connectivity index (χ1v) is 12.7. The van der Waals surface area contributed by atoms with E-state index >= 15 is 0 Å². The molecule has 2 N–H and O–H groups in total. The minimum Gasteiger partial charge on any atom is -0.393 e. The number of carbonyl (C=O) groups excluding carboxylic acids is 1. The summed E-state index contributed by atoms with van der Waals surface area (Å²) >= 11 is 0. The molecule has 3 aromatic carbocycles. The predicted molar refractivity (Wildman–Crippen MR) is 143 cm³/mol. The number of carbonyl (C=O) groups is 1. The van der Waals surface area contributed by atoms with Gasteiger partial charge in [0.05, 0.1) is 26.2 Å². The average Bonchev–Trinajstić information content (AvgIpc) is 2.87. The maximum atomic E-state index is 13.0. The molecule has 5 rings (SSSR count). The smallest absolute Gasteiger partial charge is 0.251 e. The highest BCUT2D eigenvalue weighted by Crippen LogP contribution is 2.30. The lowest BCUT2D eigenvalue weighted by atomic mass is 9.89. The number of anilines is 1. The summed E-state index contributed by atoms with van der Waals surface area (Å²) in [5, 5.41) is 12.9. The van der Waals surface area contributed by atoms with E-state index in [1.54, 1.807) is 0 Å². The number of piperidine rings is 1. The maximum Gasteiger partial charge on any atom is 0.251 e. The number of likely N-dealkylation sites (tertiary alicyclic amines) is 1. The first-order valence-electron chi connectivity index (χ1n) is 12.7. The number of amides is 1. The molecule has 1 saturated heterocycles. The van der Waals surface area contributed by atoms with Gasteiger partial charge in [0.2, 0.25) is 0 Å². The summed E-state index contributed by atoms with van der Waals surface area (Å²) in [5.74, 6) is -0.0202. The first kappa shape index (κ1) is 23.5. The zero-order chi connectivity index (χ0) is 24.4. The fraction of sp³-hybridized carbons (Fsp3) is 0.323. The Bertz CT molecular complexity index is 1230. The number of hydrogen-bond acceptors (Lipinski definition) is 2. The number of aliphatic hydroxyl groups excluding tert-OH is 1.